The fraction of sp³-hybridized carbons (Fsp3) is 0.250. The van der Waals surface area contributed by atoms with Gasteiger partial charge in [0.1, 0.15) is 5.69 Å². The van der Waals surface area contributed by atoms with Crippen LogP contribution in [0.3, 0.4) is 0 Å². The van der Waals surface area contributed by atoms with E-state index in [9.17, 15) is 5.21 Å². The van der Waals surface area contributed by atoms with E-state index in [-0.39, 0.29) is 0 Å². The molecule has 0 amide bonds. The lowest BCUT2D eigenvalue weighted by Gasteiger charge is -1.95. The summed E-state index contributed by atoms with van der Waals surface area (Å²) in [5, 5.41) is 14.3. The summed E-state index contributed by atoms with van der Waals surface area (Å²) in [6, 6.07) is 7.50. The maximum Gasteiger partial charge on any atom is 0.171 e. The van der Waals surface area contributed by atoms with Crippen LogP contribution in [0.5, 0.6) is 0 Å². The number of hydrogen-bond acceptors (Lipinski definition) is 2. The Bertz CT molecular complexity index is 277. The Hall–Kier alpha value is -1.38. The van der Waals surface area contributed by atoms with Gasteiger partial charge in [-0.2, -0.15) is 0 Å². The maximum atomic E-state index is 10.5. The van der Waals surface area contributed by atoms with E-state index in [1.165, 1.54) is 7.05 Å². The van der Waals surface area contributed by atoms with E-state index in [0.29, 0.717) is 4.86 Å². The van der Waals surface area contributed by atoms with Crippen molar-refractivity contribution < 1.29 is 4.86 Å². The number of azo groups is 1. The lowest BCUT2D eigenvalue weighted by Crippen LogP contribution is -1.87. The third kappa shape index (κ3) is 2.04. The van der Waals surface area contributed by atoms with Gasteiger partial charge < -0.3 is 5.21 Å². The van der Waals surface area contributed by atoms with Crippen molar-refractivity contribution in [3.8, 4) is 0 Å². The second-order valence-electron chi connectivity index (χ2n) is 2.35. The Kier molecular flexibility index (Phi) is 2.21. The van der Waals surface area contributed by atoms with Gasteiger partial charge in [0.25, 0.3) is 0 Å². The zero-order chi connectivity index (χ0) is 8.27. The predicted molar refractivity (Wildman–Crippen MR) is 42.8 cm³/mol. The molecule has 0 aliphatic heterocycles. The van der Waals surface area contributed by atoms with Crippen LogP contribution in [0.4, 0.5) is 5.69 Å². The molecule has 0 spiro atoms. The third-order valence-corrected chi connectivity index (χ3v) is 1.36. The Balaban J connectivity index is 3.04. The van der Waals surface area contributed by atoms with Crippen LogP contribution in [0.1, 0.15) is 5.56 Å². The second kappa shape index (κ2) is 3.14. The molecule has 58 valence electrons. The Morgan fingerprint density at radius 3 is 2.55 bits per heavy atom. The number of benzene rings is 1. The molecule has 0 heterocycles. The third-order valence-electron chi connectivity index (χ3n) is 1.36. The fourth-order valence-corrected chi connectivity index (χ4v) is 0.827. The summed E-state index contributed by atoms with van der Waals surface area (Å²) < 4.78 is 0. The molecular formula is C8H10N2O. The van der Waals surface area contributed by atoms with Crippen LogP contribution in [0.25, 0.3) is 0 Å². The molecule has 0 atom stereocenters. The van der Waals surface area contributed by atoms with Gasteiger partial charge in [-0.25, -0.2) is 0 Å². The van der Waals surface area contributed by atoms with Crippen LogP contribution in [-0.2, 0) is 0 Å². The molecule has 1 rings (SSSR count). The van der Waals surface area contributed by atoms with E-state index in [2.05, 4.69) is 5.11 Å². The van der Waals surface area contributed by atoms with Gasteiger partial charge in [-0.1, -0.05) is 23.1 Å². The highest BCUT2D eigenvalue weighted by molar-refractivity contribution is 5.43. The van der Waals surface area contributed by atoms with Crippen LogP contribution in [0.15, 0.2) is 29.4 Å². The molecule has 3 heteroatoms. The maximum absolute atomic E-state index is 10.5. The molecule has 0 aliphatic rings. The highest BCUT2D eigenvalue weighted by Gasteiger charge is 1.95. The zero-order valence-corrected chi connectivity index (χ0v) is 6.61. The van der Waals surface area contributed by atoms with Crippen LogP contribution in [0, 0.1) is 12.1 Å². The van der Waals surface area contributed by atoms with E-state index in [1.54, 1.807) is 0 Å². The number of hydroxylamine groups is 1. The molecule has 0 aromatic heterocycles. The van der Waals surface area contributed by atoms with Crippen LogP contribution in [0.2, 0.25) is 0 Å². The number of rotatable bonds is 1. The highest BCUT2D eigenvalue weighted by atomic mass is 16.5. The van der Waals surface area contributed by atoms with E-state index >= 15 is 0 Å². The summed E-state index contributed by atoms with van der Waals surface area (Å²) in [5.74, 6) is 0. The van der Waals surface area contributed by atoms with Crippen molar-refractivity contribution in [3.05, 3.63) is 35.0 Å². The van der Waals surface area contributed by atoms with E-state index < -0.39 is 0 Å². The molecule has 0 radical (unpaired) electrons. The minimum Gasteiger partial charge on any atom is -0.600 e. The first-order chi connectivity index (χ1) is 5.20. The highest BCUT2D eigenvalue weighted by Crippen LogP contribution is 2.16. The number of hydrogen-bond donors (Lipinski definition) is 0. The first kappa shape index (κ1) is 7.72. The van der Waals surface area contributed by atoms with Crippen molar-refractivity contribution >= 4 is 5.69 Å². The molecule has 0 saturated carbocycles. The van der Waals surface area contributed by atoms with Gasteiger partial charge in [-0.15, -0.1) is 0 Å². The summed E-state index contributed by atoms with van der Waals surface area (Å²) in [6.45, 7) is 1.92. The zero-order valence-electron chi connectivity index (χ0n) is 6.61. The minimum absolute atomic E-state index is 0.558. The summed E-state index contributed by atoms with van der Waals surface area (Å²) in [4.78, 5) is 0.558. The smallest absolute Gasteiger partial charge is 0.171 e. The lowest BCUT2D eigenvalue weighted by atomic mass is 10.2. The molecule has 0 unspecified atom stereocenters. The molecule has 1 aromatic rings. The van der Waals surface area contributed by atoms with Gasteiger partial charge >= 0.3 is 0 Å². The van der Waals surface area contributed by atoms with Gasteiger partial charge in [0.05, 0.1) is 0 Å². The summed E-state index contributed by atoms with van der Waals surface area (Å²) in [6.07, 6.45) is 0. The fourth-order valence-electron chi connectivity index (χ4n) is 0.827. The lowest BCUT2D eigenvalue weighted by molar-refractivity contribution is -0.493. The molecule has 0 N–H and O–H groups in total. The average molecular weight is 150 g/mol. The van der Waals surface area contributed by atoms with Gasteiger partial charge in [0.15, 0.2) is 7.05 Å². The molecular weight excluding hydrogens is 140 g/mol. The molecule has 11 heavy (non-hydrogen) atoms. The molecule has 0 aliphatic carbocycles. The van der Waals surface area contributed by atoms with Crippen LogP contribution in [-0.4, -0.2) is 11.9 Å². The van der Waals surface area contributed by atoms with Crippen molar-refractivity contribution in [3.63, 3.8) is 0 Å². The van der Waals surface area contributed by atoms with Crippen LogP contribution >= 0.6 is 0 Å². The Morgan fingerprint density at radius 2 is 2.00 bits per heavy atom. The summed E-state index contributed by atoms with van der Waals surface area (Å²) in [5.41, 5.74) is 1.74. The van der Waals surface area contributed by atoms with E-state index in [4.69, 9.17) is 0 Å². The largest absolute Gasteiger partial charge is 0.600 e. The monoisotopic (exact) mass is 150 g/mol. The quantitative estimate of drug-likeness (QED) is 0.343. The average Bonchev–Trinajstić information content (AvgIpc) is 1.93. The normalized spacial score (nSPS) is 11.6. The summed E-state index contributed by atoms with van der Waals surface area (Å²) in [7, 11) is 1.37. The number of nitrogens with zero attached hydrogens (tertiary/aromatic N) is 2. The Morgan fingerprint density at radius 1 is 1.36 bits per heavy atom. The molecule has 0 saturated heterocycles. The molecule has 0 fully saturated rings. The SMILES string of the molecule is Cc1ccccc1N=[N+](C)[O-]. The van der Waals surface area contributed by atoms with E-state index in [1.807, 2.05) is 31.2 Å². The molecule has 3 nitrogen and oxygen atoms in total. The predicted octanol–water partition coefficient (Wildman–Crippen LogP) is 2.22. The van der Waals surface area contributed by atoms with Crippen molar-refractivity contribution in [2.24, 2.45) is 5.11 Å². The Labute approximate surface area is 65.6 Å². The van der Waals surface area contributed by atoms with Crippen molar-refractivity contribution in [1.82, 2.24) is 0 Å². The first-order valence-electron chi connectivity index (χ1n) is 3.38. The molecule has 1 aromatic carbocycles. The van der Waals surface area contributed by atoms with Gasteiger partial charge in [0, 0.05) is 5.11 Å². The first-order valence-corrected chi connectivity index (χ1v) is 3.38. The van der Waals surface area contributed by atoms with Crippen molar-refractivity contribution in [1.29, 1.82) is 0 Å². The van der Waals surface area contributed by atoms with Gasteiger partial charge in [-0.3, -0.25) is 0 Å². The van der Waals surface area contributed by atoms with Crippen molar-refractivity contribution in [2.75, 3.05) is 7.05 Å². The topological polar surface area (TPSA) is 38.4 Å². The van der Waals surface area contributed by atoms with Gasteiger partial charge in [-0.05, 0) is 18.6 Å². The van der Waals surface area contributed by atoms with Crippen LogP contribution < -0.4 is 0 Å². The van der Waals surface area contributed by atoms with Crippen molar-refractivity contribution in [2.45, 2.75) is 6.92 Å². The van der Waals surface area contributed by atoms with Gasteiger partial charge in [0.2, 0.25) is 0 Å². The number of aryl methyl sites for hydroxylation is 1. The second-order valence-corrected chi connectivity index (χ2v) is 2.35. The molecule has 0 bridgehead atoms. The standard InChI is InChI=1S/C8H10N2O/c1-7-5-3-4-6-8(7)9-10(2)11/h3-6H,1-2H3. The summed E-state index contributed by atoms with van der Waals surface area (Å²) >= 11 is 0. The van der Waals surface area contributed by atoms with E-state index in [0.717, 1.165) is 11.3 Å². The minimum atomic E-state index is 0.558.